The summed E-state index contributed by atoms with van der Waals surface area (Å²) in [6, 6.07) is 9.34. The van der Waals surface area contributed by atoms with Crippen LogP contribution in [0.4, 0.5) is 5.69 Å². The van der Waals surface area contributed by atoms with E-state index in [2.05, 4.69) is 9.98 Å². The van der Waals surface area contributed by atoms with Crippen molar-refractivity contribution in [3.05, 3.63) is 52.5 Å². The minimum absolute atomic E-state index is 0.0128. The summed E-state index contributed by atoms with van der Waals surface area (Å²) in [6.45, 7) is 1.89. The number of benzene rings is 2. The number of nitrogens with one attached hydrogen (secondary N) is 1. The molecule has 0 fully saturated rings. The standard InChI is InChI=1S/C16H14ClN3O3S/c1-9-6-10(17)7-13-14(16(21)20-15(9)13)8-19-11-2-4-12(5-3-11)24(18,22)23/h2-8,20-21H,1H3,(H2,18,22,23). The lowest BCUT2D eigenvalue weighted by molar-refractivity contribution is 0.457. The van der Waals surface area contributed by atoms with Gasteiger partial charge in [-0.05, 0) is 48.9 Å². The van der Waals surface area contributed by atoms with Gasteiger partial charge in [0.05, 0.1) is 21.7 Å². The molecule has 0 amide bonds. The summed E-state index contributed by atoms with van der Waals surface area (Å²) in [6.07, 6.45) is 1.50. The Kier molecular flexibility index (Phi) is 4.08. The second-order valence-electron chi connectivity index (χ2n) is 5.33. The first kappa shape index (κ1) is 16.5. The highest BCUT2D eigenvalue weighted by atomic mass is 35.5. The van der Waals surface area contributed by atoms with E-state index in [1.165, 1.54) is 30.5 Å². The molecular formula is C16H14ClN3O3S. The zero-order valence-electron chi connectivity index (χ0n) is 12.6. The highest BCUT2D eigenvalue weighted by molar-refractivity contribution is 7.89. The third-order valence-electron chi connectivity index (χ3n) is 3.60. The molecule has 0 aliphatic carbocycles. The molecule has 3 aromatic rings. The van der Waals surface area contributed by atoms with Gasteiger partial charge in [0.2, 0.25) is 10.0 Å². The van der Waals surface area contributed by atoms with E-state index in [0.717, 1.165) is 16.5 Å². The van der Waals surface area contributed by atoms with Crippen LogP contribution in [0, 0.1) is 6.92 Å². The van der Waals surface area contributed by atoms with Gasteiger partial charge in [0, 0.05) is 16.6 Å². The van der Waals surface area contributed by atoms with Crippen molar-refractivity contribution in [2.45, 2.75) is 11.8 Å². The van der Waals surface area contributed by atoms with E-state index in [-0.39, 0.29) is 10.8 Å². The molecule has 0 spiro atoms. The van der Waals surface area contributed by atoms with Crippen LogP contribution in [-0.2, 0) is 10.0 Å². The van der Waals surface area contributed by atoms with Gasteiger partial charge < -0.3 is 10.1 Å². The Bertz CT molecular complexity index is 1050. The van der Waals surface area contributed by atoms with Crippen LogP contribution < -0.4 is 5.14 Å². The van der Waals surface area contributed by atoms with Crippen LogP contribution in [0.15, 0.2) is 46.3 Å². The van der Waals surface area contributed by atoms with E-state index in [1.54, 1.807) is 12.1 Å². The number of hydrogen-bond donors (Lipinski definition) is 3. The molecule has 0 bridgehead atoms. The molecule has 0 aliphatic rings. The number of nitrogens with two attached hydrogens (primary N) is 1. The predicted molar refractivity (Wildman–Crippen MR) is 94.8 cm³/mol. The highest BCUT2D eigenvalue weighted by Crippen LogP contribution is 2.31. The Balaban J connectivity index is 2.01. The molecule has 0 saturated heterocycles. The number of aromatic hydroxyl groups is 1. The molecule has 124 valence electrons. The number of halogens is 1. The van der Waals surface area contributed by atoms with Gasteiger partial charge in [-0.2, -0.15) is 0 Å². The van der Waals surface area contributed by atoms with Crippen LogP contribution in [0.3, 0.4) is 0 Å². The normalized spacial score (nSPS) is 12.3. The average Bonchev–Trinajstić information content (AvgIpc) is 2.81. The van der Waals surface area contributed by atoms with Crippen LogP contribution >= 0.6 is 11.6 Å². The van der Waals surface area contributed by atoms with Gasteiger partial charge in [-0.1, -0.05) is 11.6 Å². The van der Waals surface area contributed by atoms with Crippen LogP contribution in [0.5, 0.6) is 5.88 Å². The van der Waals surface area contributed by atoms with E-state index in [4.69, 9.17) is 16.7 Å². The fourth-order valence-corrected chi connectivity index (χ4v) is 3.21. The molecule has 0 unspecified atom stereocenters. The quantitative estimate of drug-likeness (QED) is 0.621. The molecule has 0 saturated carbocycles. The maximum Gasteiger partial charge on any atom is 0.238 e. The molecule has 0 atom stereocenters. The Morgan fingerprint density at radius 2 is 1.92 bits per heavy atom. The number of aromatic amines is 1. The fourth-order valence-electron chi connectivity index (χ4n) is 2.43. The second-order valence-corrected chi connectivity index (χ2v) is 7.33. The SMILES string of the molecule is Cc1cc(Cl)cc2c(C=Nc3ccc(S(N)(=O)=O)cc3)c(O)[nH]c12. The van der Waals surface area contributed by atoms with E-state index in [0.29, 0.717) is 16.3 Å². The summed E-state index contributed by atoms with van der Waals surface area (Å²) in [7, 11) is -3.73. The van der Waals surface area contributed by atoms with Gasteiger partial charge in [-0.25, -0.2) is 13.6 Å². The van der Waals surface area contributed by atoms with Crippen LogP contribution in [0.2, 0.25) is 5.02 Å². The van der Waals surface area contributed by atoms with Gasteiger partial charge >= 0.3 is 0 Å². The molecular weight excluding hydrogens is 350 g/mol. The lowest BCUT2D eigenvalue weighted by atomic mass is 10.1. The van der Waals surface area contributed by atoms with E-state index < -0.39 is 10.0 Å². The molecule has 0 aliphatic heterocycles. The summed E-state index contributed by atoms with van der Waals surface area (Å²) in [5, 5.41) is 16.5. The maximum atomic E-state index is 11.2. The van der Waals surface area contributed by atoms with Crippen molar-refractivity contribution in [2.24, 2.45) is 10.1 Å². The monoisotopic (exact) mass is 363 g/mol. The number of primary sulfonamides is 1. The lowest BCUT2D eigenvalue weighted by Gasteiger charge is -1.99. The van der Waals surface area contributed by atoms with Crippen molar-refractivity contribution in [1.82, 2.24) is 4.98 Å². The molecule has 6 nitrogen and oxygen atoms in total. The molecule has 2 aromatic carbocycles. The van der Waals surface area contributed by atoms with Gasteiger partial charge in [0.25, 0.3) is 0 Å². The van der Waals surface area contributed by atoms with Crippen LogP contribution in [0.25, 0.3) is 10.9 Å². The van der Waals surface area contributed by atoms with Gasteiger partial charge in [-0.3, -0.25) is 4.99 Å². The third-order valence-corrected chi connectivity index (χ3v) is 4.74. The van der Waals surface area contributed by atoms with E-state index in [1.807, 2.05) is 6.92 Å². The number of hydrogen-bond acceptors (Lipinski definition) is 4. The van der Waals surface area contributed by atoms with Crippen molar-refractivity contribution in [3.8, 4) is 5.88 Å². The average molecular weight is 364 g/mol. The number of aromatic nitrogens is 1. The molecule has 4 N–H and O–H groups in total. The zero-order chi connectivity index (χ0) is 17.5. The molecule has 8 heteroatoms. The second kappa shape index (κ2) is 5.94. The van der Waals surface area contributed by atoms with Crippen molar-refractivity contribution in [2.75, 3.05) is 0 Å². The molecule has 1 heterocycles. The fraction of sp³-hybridized carbons (Fsp3) is 0.0625. The maximum absolute atomic E-state index is 11.2. The van der Waals surface area contributed by atoms with Crippen molar-refractivity contribution in [3.63, 3.8) is 0 Å². The first-order valence-corrected chi connectivity index (χ1v) is 8.86. The summed E-state index contributed by atoms with van der Waals surface area (Å²) in [4.78, 5) is 7.17. The van der Waals surface area contributed by atoms with E-state index in [9.17, 15) is 13.5 Å². The Labute approximate surface area is 143 Å². The van der Waals surface area contributed by atoms with Gasteiger partial charge in [-0.15, -0.1) is 0 Å². The summed E-state index contributed by atoms with van der Waals surface area (Å²) in [5.74, 6) is -0.0136. The minimum Gasteiger partial charge on any atom is -0.494 e. The molecule has 3 rings (SSSR count). The Morgan fingerprint density at radius 3 is 2.54 bits per heavy atom. The number of rotatable bonds is 3. The predicted octanol–water partition coefficient (Wildman–Crippen LogP) is 3.23. The minimum atomic E-state index is -3.73. The summed E-state index contributed by atoms with van der Waals surface area (Å²) < 4.78 is 22.5. The topological polar surface area (TPSA) is 109 Å². The zero-order valence-corrected chi connectivity index (χ0v) is 14.2. The first-order chi connectivity index (χ1) is 11.3. The van der Waals surface area contributed by atoms with Crippen molar-refractivity contribution in [1.29, 1.82) is 0 Å². The summed E-state index contributed by atoms with van der Waals surface area (Å²) >= 11 is 6.07. The Morgan fingerprint density at radius 1 is 1.25 bits per heavy atom. The molecule has 1 aromatic heterocycles. The van der Waals surface area contributed by atoms with Gasteiger partial charge in [0.15, 0.2) is 5.88 Å². The lowest BCUT2D eigenvalue weighted by Crippen LogP contribution is -2.11. The number of aryl methyl sites for hydroxylation is 1. The third kappa shape index (κ3) is 3.14. The van der Waals surface area contributed by atoms with Gasteiger partial charge in [0.1, 0.15) is 0 Å². The number of nitrogens with zero attached hydrogens (tertiary/aromatic N) is 1. The van der Waals surface area contributed by atoms with Crippen LogP contribution in [-0.4, -0.2) is 24.7 Å². The smallest absolute Gasteiger partial charge is 0.238 e. The first-order valence-electron chi connectivity index (χ1n) is 6.93. The number of aliphatic imine (C=N–C) groups is 1. The largest absolute Gasteiger partial charge is 0.494 e. The number of sulfonamides is 1. The number of fused-ring (bicyclic) bond motifs is 1. The van der Waals surface area contributed by atoms with Crippen molar-refractivity contribution >= 4 is 44.4 Å². The molecule has 0 radical (unpaired) electrons. The van der Waals surface area contributed by atoms with Crippen LogP contribution in [0.1, 0.15) is 11.1 Å². The van der Waals surface area contributed by atoms with E-state index >= 15 is 0 Å². The highest BCUT2D eigenvalue weighted by Gasteiger charge is 2.12. The summed E-state index contributed by atoms with van der Waals surface area (Å²) in [5.41, 5.74) is 2.72. The molecule has 24 heavy (non-hydrogen) atoms. The number of H-pyrrole nitrogens is 1. The van der Waals surface area contributed by atoms with Crippen molar-refractivity contribution < 1.29 is 13.5 Å². The Hall–Kier alpha value is -2.35.